The van der Waals surface area contributed by atoms with Crippen molar-refractivity contribution in [3.63, 3.8) is 0 Å². The fraction of sp³-hybridized carbons (Fsp3) is 0.348. The number of amides is 1. The van der Waals surface area contributed by atoms with Crippen LogP contribution in [0.15, 0.2) is 64.5 Å². The van der Waals surface area contributed by atoms with Crippen LogP contribution in [-0.2, 0) is 25.3 Å². The van der Waals surface area contributed by atoms with E-state index in [4.69, 9.17) is 0 Å². The third-order valence-corrected chi connectivity index (χ3v) is 10.4. The number of hydrogen-bond donors (Lipinski definition) is 2. The van der Waals surface area contributed by atoms with Gasteiger partial charge in [0.25, 0.3) is 15.9 Å². The summed E-state index contributed by atoms with van der Waals surface area (Å²) in [6.45, 7) is 3.44. The Kier molecular flexibility index (Phi) is 10.8. The van der Waals surface area contributed by atoms with Gasteiger partial charge >= 0.3 is 6.18 Å². The highest BCUT2D eigenvalue weighted by Gasteiger charge is 2.56. The lowest BCUT2D eigenvalue weighted by Crippen LogP contribution is -2.60. The Labute approximate surface area is 267 Å². The highest BCUT2D eigenvalue weighted by Crippen LogP contribution is 2.62. The van der Waals surface area contributed by atoms with E-state index in [0.29, 0.717) is 0 Å². The average Bonchev–Trinajstić information content (AvgIpc) is 2.79. The Morgan fingerprint density at radius 3 is 1.66 bits per heavy atom. The maximum Gasteiger partial charge on any atom is 0.389 e. The number of halogens is 3. The molecule has 0 aromatic heterocycles. The normalized spacial score (nSPS) is 13.6. The number of allylic oxidation sites excluding steroid dienone is 1. The molecule has 0 bridgehead atoms. The van der Waals surface area contributed by atoms with Gasteiger partial charge in [0.15, 0.2) is 9.84 Å². The third kappa shape index (κ3) is 8.30. The number of alkyl halides is 3. The molecule has 0 heterocycles. The zero-order valence-corrected chi connectivity index (χ0v) is 28.8. The molecular formula is C23H36B9F3N2O5S2. The lowest BCUT2D eigenvalue weighted by atomic mass is 9.09. The maximum absolute atomic E-state index is 13.5. The molecule has 44 heavy (non-hydrogen) atoms. The van der Waals surface area contributed by atoms with Gasteiger partial charge in [-0.15, -0.1) is 15.3 Å². The summed E-state index contributed by atoms with van der Waals surface area (Å²) in [4.78, 5) is 12.7. The number of rotatable bonds is 12. The van der Waals surface area contributed by atoms with Crippen LogP contribution in [0.1, 0.15) is 28.8 Å². The molecule has 21 heteroatoms. The number of nitrogens with one attached hydrogen (secondary N) is 2. The minimum Gasteiger partial charge on any atom is -0.326 e. The summed E-state index contributed by atoms with van der Waals surface area (Å²) in [7, 11) is 11.4. The lowest BCUT2D eigenvalue weighted by molar-refractivity contribution is -0.134. The van der Waals surface area contributed by atoms with Crippen LogP contribution >= 0.6 is 0 Å². The molecular weight excluding hydrogens is 603 g/mol. The molecule has 0 spiro atoms. The van der Waals surface area contributed by atoms with Crippen molar-refractivity contribution in [2.75, 3.05) is 11.0 Å². The number of carbonyl (C=O) groups is 1. The fourth-order valence-electron chi connectivity index (χ4n) is 7.38. The van der Waals surface area contributed by atoms with Crippen LogP contribution in [0, 0.1) is 0 Å². The quantitative estimate of drug-likeness (QED) is 0.229. The van der Waals surface area contributed by atoms with Gasteiger partial charge in [0.1, 0.15) is 0 Å². The van der Waals surface area contributed by atoms with E-state index in [-0.39, 0.29) is 36.5 Å². The Bertz CT molecular complexity index is 1600. The Hall–Kier alpha value is -2.28. The first-order valence-electron chi connectivity index (χ1n) is 14.1. The number of anilines is 1. The first-order valence-corrected chi connectivity index (χ1v) is 17.5. The van der Waals surface area contributed by atoms with Crippen LogP contribution in [0.2, 0.25) is 15.3 Å². The largest absolute Gasteiger partial charge is 0.389 e. The zero-order chi connectivity index (χ0) is 34.3. The van der Waals surface area contributed by atoms with E-state index in [2.05, 4.69) is 87.2 Å². The second-order valence-electron chi connectivity index (χ2n) is 14.3. The van der Waals surface area contributed by atoms with Gasteiger partial charge in [-0.2, -0.15) is 13.2 Å². The summed E-state index contributed by atoms with van der Waals surface area (Å²) in [5, 5.41) is 1.54. The van der Waals surface area contributed by atoms with Gasteiger partial charge in [-0.3, -0.25) is 9.52 Å². The van der Waals surface area contributed by atoms with Crippen molar-refractivity contribution >= 4 is 102 Å². The fourth-order valence-corrected chi connectivity index (χ4v) is 9.10. The number of benzene rings is 2. The standard InChI is InChI=1S/C23H36B9F3N2O5S2/c1-12(9-10-19(33,34)35)36-18(38)16-11-15(43(2,39)40)7-8-17(16)37-44(41,42)14-5-3-13(4-6-14)20(21(24,25)26,22(27,28)29)23(30,31)32/h3-8,11,37H,1,9-10,24-32H2,2H3,(H,36,38). The molecule has 2 aromatic carbocycles. The van der Waals surface area contributed by atoms with E-state index in [9.17, 15) is 34.8 Å². The highest BCUT2D eigenvalue weighted by molar-refractivity contribution is 7.92. The molecule has 2 rings (SSSR count). The van der Waals surface area contributed by atoms with E-state index in [1.54, 1.807) is 12.1 Å². The van der Waals surface area contributed by atoms with Crippen LogP contribution < -0.4 is 10.0 Å². The molecule has 0 fully saturated rings. The van der Waals surface area contributed by atoms with Crippen molar-refractivity contribution < 1.29 is 34.8 Å². The molecule has 1 amide bonds. The Balaban J connectivity index is 2.58. The van der Waals surface area contributed by atoms with Gasteiger partial charge in [-0.25, -0.2) is 16.8 Å². The number of sulfonamides is 1. The monoisotopic (exact) mass is 640 g/mol. The smallest absolute Gasteiger partial charge is 0.326 e. The van der Waals surface area contributed by atoms with E-state index in [1.807, 2.05) is 0 Å². The molecule has 0 aliphatic carbocycles. The Morgan fingerprint density at radius 1 is 0.795 bits per heavy atom. The van der Waals surface area contributed by atoms with Crippen LogP contribution in [0.3, 0.4) is 0 Å². The highest BCUT2D eigenvalue weighted by atomic mass is 32.2. The molecule has 7 nitrogen and oxygen atoms in total. The van der Waals surface area contributed by atoms with E-state index in [0.717, 1.165) is 30.0 Å². The first-order chi connectivity index (χ1) is 19.5. The Morgan fingerprint density at radius 2 is 1.25 bits per heavy atom. The van der Waals surface area contributed by atoms with Gasteiger partial charge in [0.2, 0.25) is 0 Å². The molecule has 0 aliphatic rings. The topological polar surface area (TPSA) is 109 Å². The van der Waals surface area contributed by atoms with Gasteiger partial charge in [-0.05, 0) is 42.3 Å². The van der Waals surface area contributed by atoms with Gasteiger partial charge in [0.05, 0.1) is 91.7 Å². The molecule has 0 unspecified atom stereocenters. The van der Waals surface area contributed by atoms with E-state index >= 15 is 0 Å². The van der Waals surface area contributed by atoms with Gasteiger partial charge < -0.3 is 5.32 Å². The second kappa shape index (κ2) is 12.5. The zero-order valence-electron chi connectivity index (χ0n) is 27.2. The van der Waals surface area contributed by atoms with E-state index < -0.39 is 55.8 Å². The number of sulfone groups is 1. The molecule has 2 N–H and O–H groups in total. The van der Waals surface area contributed by atoms with Crippen molar-refractivity contribution in [2.24, 2.45) is 0 Å². The lowest BCUT2D eigenvalue weighted by Gasteiger charge is -2.64. The van der Waals surface area contributed by atoms with Gasteiger partial charge in [-0.1, -0.05) is 24.1 Å². The average molecular weight is 639 g/mol. The molecule has 0 atom stereocenters. The molecule has 228 valence electrons. The van der Waals surface area contributed by atoms with Crippen LogP contribution in [0.5, 0.6) is 0 Å². The summed E-state index contributed by atoms with van der Waals surface area (Å²) in [6.07, 6.45) is -5.41. The number of hydrogen-bond acceptors (Lipinski definition) is 5. The number of carbonyl (C=O) groups excluding carboxylic acids is 1. The maximum atomic E-state index is 13.5. The summed E-state index contributed by atoms with van der Waals surface area (Å²) in [5.41, 5.74) is -0.353. The molecule has 0 saturated carbocycles. The SMILES string of the molecule is BC(B)(B)C(c1ccc(S(=O)(=O)Nc2ccc(S(C)(=O)=O)cc2C(=O)NC(=C)CCC(F)(F)F)cc1)(C(B)(B)B)C(B)(B)B. The third-order valence-electron chi connectivity index (χ3n) is 7.88. The predicted octanol–water partition coefficient (Wildman–Crippen LogP) is -4.37. The van der Waals surface area contributed by atoms with Crippen molar-refractivity contribution in [3.8, 4) is 0 Å². The summed E-state index contributed by atoms with van der Waals surface area (Å²) in [6, 6.07) is 9.78. The van der Waals surface area contributed by atoms with Crippen LogP contribution in [-0.4, -0.2) is 106 Å². The molecule has 0 saturated heterocycles. The summed E-state index contributed by atoms with van der Waals surface area (Å²) < 4.78 is 91.7. The summed E-state index contributed by atoms with van der Waals surface area (Å²) >= 11 is 0. The first kappa shape index (κ1) is 37.9. The van der Waals surface area contributed by atoms with Gasteiger partial charge in [0, 0.05) is 18.4 Å². The summed E-state index contributed by atoms with van der Waals surface area (Å²) in [5.74, 6) is -1.01. The van der Waals surface area contributed by atoms with Crippen molar-refractivity contribution in [2.45, 2.75) is 49.6 Å². The predicted molar refractivity (Wildman–Crippen MR) is 195 cm³/mol. The van der Waals surface area contributed by atoms with Crippen molar-refractivity contribution in [3.05, 3.63) is 65.9 Å². The van der Waals surface area contributed by atoms with Crippen LogP contribution in [0.25, 0.3) is 0 Å². The molecule has 0 aliphatic heterocycles. The molecule has 0 radical (unpaired) electrons. The van der Waals surface area contributed by atoms with E-state index in [1.165, 1.54) is 12.1 Å². The van der Waals surface area contributed by atoms with Crippen molar-refractivity contribution in [1.29, 1.82) is 0 Å². The minimum absolute atomic E-state index is 0.0972. The van der Waals surface area contributed by atoms with Crippen molar-refractivity contribution in [1.82, 2.24) is 5.32 Å². The van der Waals surface area contributed by atoms with Crippen LogP contribution in [0.4, 0.5) is 18.9 Å². The molecule has 2 aromatic rings. The second-order valence-corrected chi connectivity index (χ2v) is 18.0. The minimum atomic E-state index is -4.48.